The number of hydrogen-bond acceptors (Lipinski definition) is 2. The highest BCUT2D eigenvalue weighted by Gasteiger charge is 2.19. The van der Waals surface area contributed by atoms with Crippen LogP contribution in [0.15, 0.2) is 60.8 Å². The molecule has 0 aliphatic carbocycles. The fourth-order valence-electron chi connectivity index (χ4n) is 2.65. The van der Waals surface area contributed by atoms with Crippen LogP contribution in [0.5, 0.6) is 0 Å². The van der Waals surface area contributed by atoms with Gasteiger partial charge in [-0.25, -0.2) is 12.7 Å². The molecule has 4 nitrogen and oxygen atoms in total. The van der Waals surface area contributed by atoms with Gasteiger partial charge in [0, 0.05) is 30.7 Å². The number of sulfonamides is 1. The second-order valence-electron chi connectivity index (χ2n) is 5.67. The van der Waals surface area contributed by atoms with Crippen molar-refractivity contribution in [1.82, 2.24) is 9.29 Å². The Kier molecular flexibility index (Phi) is 4.50. The van der Waals surface area contributed by atoms with Gasteiger partial charge in [-0.15, -0.1) is 0 Å². The molecule has 1 N–H and O–H groups in total. The Hall–Kier alpha value is -2.11. The first-order valence-corrected chi connectivity index (χ1v) is 9.20. The molecule has 3 rings (SSSR count). The zero-order valence-electron chi connectivity index (χ0n) is 13.1. The van der Waals surface area contributed by atoms with Gasteiger partial charge in [0.15, 0.2) is 0 Å². The largest absolute Gasteiger partial charge is 0.361 e. The van der Waals surface area contributed by atoms with E-state index in [0.29, 0.717) is 13.0 Å². The second-order valence-corrected chi connectivity index (χ2v) is 7.86. The third kappa shape index (κ3) is 3.63. The zero-order valence-corrected chi connectivity index (χ0v) is 13.9. The van der Waals surface area contributed by atoms with Crippen molar-refractivity contribution >= 4 is 20.9 Å². The molecule has 5 heteroatoms. The molecule has 120 valence electrons. The highest BCUT2D eigenvalue weighted by Crippen LogP contribution is 2.20. The number of aryl methyl sites for hydroxylation is 1. The van der Waals surface area contributed by atoms with Crippen LogP contribution in [0.2, 0.25) is 0 Å². The number of nitrogens with one attached hydrogen (secondary N) is 1. The van der Waals surface area contributed by atoms with Gasteiger partial charge >= 0.3 is 0 Å². The Morgan fingerprint density at radius 3 is 2.48 bits per heavy atom. The minimum absolute atomic E-state index is 0.121. The fourth-order valence-corrected chi connectivity index (χ4v) is 3.79. The summed E-state index contributed by atoms with van der Waals surface area (Å²) in [4.78, 5) is 3.18. The smallest absolute Gasteiger partial charge is 0.214 e. The maximum atomic E-state index is 12.5. The number of aromatic nitrogens is 1. The minimum Gasteiger partial charge on any atom is -0.361 e. The average molecular weight is 328 g/mol. The van der Waals surface area contributed by atoms with Crippen LogP contribution in [0.4, 0.5) is 0 Å². The lowest BCUT2D eigenvalue weighted by atomic mass is 10.2. The quantitative estimate of drug-likeness (QED) is 0.755. The molecule has 2 aromatic carbocycles. The lowest BCUT2D eigenvalue weighted by Crippen LogP contribution is -2.29. The molecule has 1 heterocycles. The van der Waals surface area contributed by atoms with E-state index in [1.165, 1.54) is 4.31 Å². The van der Waals surface area contributed by atoms with E-state index in [0.717, 1.165) is 22.0 Å². The first kappa shape index (κ1) is 15.8. The SMILES string of the molecule is CN(Cc1c[nH]c2ccccc12)S(=O)(=O)CCc1ccccc1. The third-order valence-electron chi connectivity index (χ3n) is 4.03. The molecular formula is C18H20N2O2S. The van der Waals surface area contributed by atoms with Crippen LogP contribution in [0.1, 0.15) is 11.1 Å². The van der Waals surface area contributed by atoms with Gasteiger partial charge in [-0.1, -0.05) is 48.5 Å². The van der Waals surface area contributed by atoms with Gasteiger partial charge < -0.3 is 4.98 Å². The molecular weight excluding hydrogens is 308 g/mol. The van der Waals surface area contributed by atoms with E-state index >= 15 is 0 Å². The van der Waals surface area contributed by atoms with Gasteiger partial charge in [0.05, 0.1) is 5.75 Å². The Morgan fingerprint density at radius 1 is 1.00 bits per heavy atom. The average Bonchev–Trinajstić information content (AvgIpc) is 2.97. The topological polar surface area (TPSA) is 53.2 Å². The molecule has 1 aromatic heterocycles. The van der Waals surface area contributed by atoms with E-state index in [1.54, 1.807) is 7.05 Å². The molecule has 0 amide bonds. The summed E-state index contributed by atoms with van der Waals surface area (Å²) >= 11 is 0. The highest BCUT2D eigenvalue weighted by atomic mass is 32.2. The van der Waals surface area contributed by atoms with Crippen molar-refractivity contribution in [2.24, 2.45) is 0 Å². The Bertz CT molecular complexity index is 886. The Balaban J connectivity index is 1.70. The molecule has 0 atom stereocenters. The summed E-state index contributed by atoms with van der Waals surface area (Å²) in [6.45, 7) is 0.376. The summed E-state index contributed by atoms with van der Waals surface area (Å²) in [5, 5.41) is 1.07. The van der Waals surface area contributed by atoms with E-state index < -0.39 is 10.0 Å². The van der Waals surface area contributed by atoms with Crippen LogP contribution in [0.3, 0.4) is 0 Å². The lowest BCUT2D eigenvalue weighted by molar-refractivity contribution is 0.467. The van der Waals surface area contributed by atoms with Crippen LogP contribution < -0.4 is 0 Å². The Morgan fingerprint density at radius 2 is 1.70 bits per heavy atom. The molecule has 0 saturated carbocycles. The zero-order chi connectivity index (χ0) is 16.3. The van der Waals surface area contributed by atoms with E-state index in [4.69, 9.17) is 0 Å². The number of rotatable bonds is 6. The van der Waals surface area contributed by atoms with Crippen molar-refractivity contribution in [1.29, 1.82) is 0 Å². The predicted octanol–water partition coefficient (Wildman–Crippen LogP) is 3.17. The number of fused-ring (bicyclic) bond motifs is 1. The summed E-state index contributed by atoms with van der Waals surface area (Å²) in [7, 11) is -1.64. The standard InChI is InChI=1S/C18H20N2O2S/c1-20(14-16-13-19-18-10-6-5-9-17(16)18)23(21,22)12-11-15-7-3-2-4-8-15/h2-10,13,19H,11-12,14H2,1H3. The normalized spacial score (nSPS) is 12.1. The monoisotopic (exact) mass is 328 g/mol. The van der Waals surface area contributed by atoms with Crippen molar-refractivity contribution in [2.45, 2.75) is 13.0 Å². The highest BCUT2D eigenvalue weighted by molar-refractivity contribution is 7.89. The summed E-state index contributed by atoms with van der Waals surface area (Å²) in [6, 6.07) is 17.6. The molecule has 0 aliphatic heterocycles. The molecule has 0 saturated heterocycles. The second kappa shape index (κ2) is 6.56. The molecule has 0 fully saturated rings. The molecule has 0 unspecified atom stereocenters. The van der Waals surface area contributed by atoms with Gasteiger partial charge in [-0.2, -0.15) is 0 Å². The minimum atomic E-state index is -3.28. The van der Waals surface area contributed by atoms with Crippen molar-refractivity contribution in [2.75, 3.05) is 12.8 Å². The van der Waals surface area contributed by atoms with Crippen LogP contribution in [-0.2, 0) is 23.0 Å². The first-order chi connectivity index (χ1) is 11.1. The van der Waals surface area contributed by atoms with E-state index in [1.807, 2.05) is 60.8 Å². The number of H-pyrrole nitrogens is 1. The fraction of sp³-hybridized carbons (Fsp3) is 0.222. The molecule has 0 radical (unpaired) electrons. The number of nitrogens with zero attached hydrogens (tertiary/aromatic N) is 1. The predicted molar refractivity (Wildman–Crippen MR) is 93.7 cm³/mol. The van der Waals surface area contributed by atoms with Gasteiger partial charge in [0.25, 0.3) is 0 Å². The number of benzene rings is 2. The molecule has 0 aliphatic rings. The van der Waals surface area contributed by atoms with Gasteiger partial charge in [0.2, 0.25) is 10.0 Å². The lowest BCUT2D eigenvalue weighted by Gasteiger charge is -2.17. The van der Waals surface area contributed by atoms with Gasteiger partial charge in [0.1, 0.15) is 0 Å². The summed E-state index contributed by atoms with van der Waals surface area (Å²) in [5.41, 5.74) is 3.06. The van der Waals surface area contributed by atoms with Crippen molar-refractivity contribution in [3.8, 4) is 0 Å². The van der Waals surface area contributed by atoms with Crippen LogP contribution >= 0.6 is 0 Å². The molecule has 23 heavy (non-hydrogen) atoms. The molecule has 0 spiro atoms. The van der Waals surface area contributed by atoms with E-state index in [-0.39, 0.29) is 5.75 Å². The van der Waals surface area contributed by atoms with Crippen molar-refractivity contribution in [3.05, 3.63) is 71.9 Å². The third-order valence-corrected chi connectivity index (χ3v) is 5.83. The van der Waals surface area contributed by atoms with Gasteiger partial charge in [-0.05, 0) is 23.6 Å². The van der Waals surface area contributed by atoms with Gasteiger partial charge in [-0.3, -0.25) is 0 Å². The van der Waals surface area contributed by atoms with Crippen molar-refractivity contribution in [3.63, 3.8) is 0 Å². The maximum Gasteiger partial charge on any atom is 0.214 e. The summed E-state index contributed by atoms with van der Waals surface area (Å²) in [6.07, 6.45) is 2.41. The summed E-state index contributed by atoms with van der Waals surface area (Å²) < 4.78 is 26.4. The number of hydrogen-bond donors (Lipinski definition) is 1. The van der Waals surface area contributed by atoms with E-state index in [2.05, 4.69) is 4.98 Å². The Labute approximate surface area is 136 Å². The number of para-hydroxylation sites is 1. The van der Waals surface area contributed by atoms with E-state index in [9.17, 15) is 8.42 Å². The summed E-state index contributed by atoms with van der Waals surface area (Å²) in [5.74, 6) is 0.121. The number of aromatic amines is 1. The van der Waals surface area contributed by atoms with Crippen LogP contribution in [0, 0.1) is 0 Å². The first-order valence-electron chi connectivity index (χ1n) is 7.59. The van der Waals surface area contributed by atoms with Crippen LogP contribution in [-0.4, -0.2) is 30.5 Å². The maximum absolute atomic E-state index is 12.5. The molecule has 3 aromatic rings. The van der Waals surface area contributed by atoms with Crippen molar-refractivity contribution < 1.29 is 8.42 Å². The van der Waals surface area contributed by atoms with Crippen LogP contribution in [0.25, 0.3) is 10.9 Å². The molecule has 0 bridgehead atoms.